The number of nitrogens with two attached hydrogens (primary N) is 1. The number of carbonyl (C=O) groups excluding carboxylic acids is 1. The average molecular weight is 305 g/mol. The molecule has 0 spiro atoms. The SMILES string of the molecule is CN(C)C(=O)Oc1ccccc1C=NNc1nc(N)cs1. The van der Waals surface area contributed by atoms with Crippen molar-refractivity contribution in [2.45, 2.75) is 0 Å². The molecule has 0 atom stereocenters. The number of carbonyl (C=O) groups is 1. The summed E-state index contributed by atoms with van der Waals surface area (Å²) in [4.78, 5) is 17.0. The van der Waals surface area contributed by atoms with Crippen molar-refractivity contribution < 1.29 is 9.53 Å². The Morgan fingerprint density at radius 3 is 2.90 bits per heavy atom. The normalized spacial score (nSPS) is 10.6. The molecule has 1 aromatic heterocycles. The predicted molar refractivity (Wildman–Crippen MR) is 83.9 cm³/mol. The maximum absolute atomic E-state index is 11.6. The van der Waals surface area contributed by atoms with Crippen LogP contribution in [-0.2, 0) is 0 Å². The van der Waals surface area contributed by atoms with Crippen LogP contribution >= 0.6 is 11.3 Å². The number of hydrogen-bond donors (Lipinski definition) is 2. The highest BCUT2D eigenvalue weighted by Crippen LogP contribution is 2.18. The molecular formula is C13H15N5O2S. The Hall–Kier alpha value is -2.61. The van der Waals surface area contributed by atoms with Crippen molar-refractivity contribution in [3.63, 3.8) is 0 Å². The number of aromatic nitrogens is 1. The minimum Gasteiger partial charge on any atom is -0.410 e. The van der Waals surface area contributed by atoms with Crippen molar-refractivity contribution in [1.82, 2.24) is 9.88 Å². The van der Waals surface area contributed by atoms with Gasteiger partial charge in [-0.05, 0) is 12.1 Å². The number of para-hydroxylation sites is 1. The first-order valence-corrected chi connectivity index (χ1v) is 6.92. The largest absolute Gasteiger partial charge is 0.414 e. The fourth-order valence-electron chi connectivity index (χ4n) is 1.36. The van der Waals surface area contributed by atoms with E-state index in [4.69, 9.17) is 10.5 Å². The summed E-state index contributed by atoms with van der Waals surface area (Å²) < 4.78 is 5.25. The minimum absolute atomic E-state index is 0.431. The molecule has 110 valence electrons. The Bertz CT molecular complexity index is 654. The van der Waals surface area contributed by atoms with Crippen molar-refractivity contribution in [3.05, 3.63) is 35.2 Å². The highest BCUT2D eigenvalue weighted by molar-refractivity contribution is 7.14. The third-order valence-electron chi connectivity index (χ3n) is 2.37. The molecule has 0 bridgehead atoms. The molecule has 0 unspecified atom stereocenters. The minimum atomic E-state index is -0.448. The lowest BCUT2D eigenvalue weighted by Crippen LogP contribution is -2.25. The molecule has 3 N–H and O–H groups in total. The lowest BCUT2D eigenvalue weighted by Gasteiger charge is -2.11. The Labute approximate surface area is 126 Å². The van der Waals surface area contributed by atoms with Gasteiger partial charge in [0.1, 0.15) is 11.6 Å². The first-order chi connectivity index (χ1) is 10.1. The molecule has 0 saturated carbocycles. The van der Waals surface area contributed by atoms with Crippen LogP contribution in [0.2, 0.25) is 0 Å². The van der Waals surface area contributed by atoms with Crippen LogP contribution in [0.4, 0.5) is 15.7 Å². The number of benzene rings is 1. The van der Waals surface area contributed by atoms with Gasteiger partial charge in [0, 0.05) is 25.0 Å². The first-order valence-electron chi connectivity index (χ1n) is 6.04. The molecule has 2 rings (SSSR count). The third kappa shape index (κ3) is 4.18. The van der Waals surface area contributed by atoms with E-state index in [1.165, 1.54) is 16.2 Å². The second-order valence-electron chi connectivity index (χ2n) is 4.25. The molecule has 0 fully saturated rings. The van der Waals surface area contributed by atoms with Crippen LogP contribution in [0.5, 0.6) is 5.75 Å². The van der Waals surface area contributed by atoms with Crippen LogP contribution in [0.1, 0.15) is 5.56 Å². The van der Waals surface area contributed by atoms with Crippen LogP contribution in [-0.4, -0.2) is 36.3 Å². The van der Waals surface area contributed by atoms with E-state index >= 15 is 0 Å². The summed E-state index contributed by atoms with van der Waals surface area (Å²) in [6, 6.07) is 7.10. The summed E-state index contributed by atoms with van der Waals surface area (Å²) in [6.07, 6.45) is 1.10. The summed E-state index contributed by atoms with van der Waals surface area (Å²) in [7, 11) is 3.24. The van der Waals surface area contributed by atoms with Gasteiger partial charge in [-0.2, -0.15) is 5.10 Å². The van der Waals surface area contributed by atoms with Gasteiger partial charge in [0.05, 0.1) is 6.21 Å². The topological polar surface area (TPSA) is 92.8 Å². The van der Waals surface area contributed by atoms with Gasteiger partial charge in [-0.1, -0.05) is 12.1 Å². The molecular weight excluding hydrogens is 290 g/mol. The zero-order chi connectivity index (χ0) is 15.2. The van der Waals surface area contributed by atoms with Gasteiger partial charge in [-0.15, -0.1) is 11.3 Å². The highest BCUT2D eigenvalue weighted by atomic mass is 32.1. The fourth-order valence-corrected chi connectivity index (χ4v) is 1.91. The standard InChI is InChI=1S/C13H15N5O2S/c1-18(2)13(19)20-10-6-4-3-5-9(10)7-15-17-12-16-11(14)8-21-12/h3-8H,14H2,1-2H3,(H,16,17). The average Bonchev–Trinajstić information content (AvgIpc) is 2.86. The van der Waals surface area contributed by atoms with Crippen molar-refractivity contribution in [2.75, 3.05) is 25.3 Å². The number of amides is 1. The van der Waals surface area contributed by atoms with Gasteiger partial charge in [-0.25, -0.2) is 9.78 Å². The van der Waals surface area contributed by atoms with E-state index in [-0.39, 0.29) is 0 Å². The van der Waals surface area contributed by atoms with E-state index in [2.05, 4.69) is 15.5 Å². The first kappa shape index (κ1) is 14.8. The second kappa shape index (κ2) is 6.71. The van der Waals surface area contributed by atoms with Gasteiger partial charge in [-0.3, -0.25) is 5.43 Å². The number of nitrogens with one attached hydrogen (secondary N) is 1. The van der Waals surface area contributed by atoms with Crippen molar-refractivity contribution in [1.29, 1.82) is 0 Å². The molecule has 0 aliphatic carbocycles. The van der Waals surface area contributed by atoms with Crippen LogP contribution in [0.15, 0.2) is 34.7 Å². The van der Waals surface area contributed by atoms with E-state index in [0.29, 0.717) is 22.3 Å². The molecule has 8 heteroatoms. The monoisotopic (exact) mass is 305 g/mol. The fraction of sp³-hybridized carbons (Fsp3) is 0.154. The summed E-state index contributed by atoms with van der Waals surface area (Å²) >= 11 is 1.35. The lowest BCUT2D eigenvalue weighted by molar-refractivity contribution is 0.172. The summed E-state index contributed by atoms with van der Waals surface area (Å²) in [5.41, 5.74) is 8.95. The molecule has 0 aliphatic rings. The van der Waals surface area contributed by atoms with E-state index < -0.39 is 6.09 Å². The molecule has 7 nitrogen and oxygen atoms in total. The van der Waals surface area contributed by atoms with E-state index in [0.717, 1.165) is 0 Å². The van der Waals surface area contributed by atoms with Crippen molar-refractivity contribution >= 4 is 34.6 Å². The van der Waals surface area contributed by atoms with Crippen molar-refractivity contribution in [3.8, 4) is 5.75 Å². The molecule has 1 amide bonds. The summed E-state index contributed by atoms with van der Waals surface area (Å²) in [5, 5.41) is 6.35. The van der Waals surface area contributed by atoms with E-state index in [9.17, 15) is 4.79 Å². The number of rotatable bonds is 4. The molecule has 2 aromatic rings. The Morgan fingerprint density at radius 1 is 1.48 bits per heavy atom. The van der Waals surface area contributed by atoms with Crippen LogP contribution in [0.3, 0.4) is 0 Å². The number of ether oxygens (including phenoxy) is 1. The zero-order valence-corrected chi connectivity index (χ0v) is 12.4. The van der Waals surface area contributed by atoms with Crippen LogP contribution in [0.25, 0.3) is 0 Å². The quantitative estimate of drug-likeness (QED) is 0.667. The van der Waals surface area contributed by atoms with Crippen molar-refractivity contribution in [2.24, 2.45) is 5.10 Å². The third-order valence-corrected chi connectivity index (χ3v) is 3.13. The molecule has 0 aliphatic heterocycles. The van der Waals surface area contributed by atoms with Gasteiger partial charge in [0.25, 0.3) is 0 Å². The Kier molecular flexibility index (Phi) is 4.72. The van der Waals surface area contributed by atoms with Gasteiger partial charge in [0.15, 0.2) is 0 Å². The summed E-state index contributed by atoms with van der Waals surface area (Å²) in [5.74, 6) is 0.874. The number of hydrogen-bond acceptors (Lipinski definition) is 7. The van der Waals surface area contributed by atoms with E-state index in [1.54, 1.807) is 43.9 Å². The lowest BCUT2D eigenvalue weighted by atomic mass is 10.2. The smallest absolute Gasteiger partial charge is 0.410 e. The van der Waals surface area contributed by atoms with Gasteiger partial charge >= 0.3 is 6.09 Å². The Morgan fingerprint density at radius 2 is 2.24 bits per heavy atom. The molecule has 1 heterocycles. The molecule has 1 aromatic carbocycles. The number of nitrogen functional groups attached to an aromatic ring is 1. The highest BCUT2D eigenvalue weighted by Gasteiger charge is 2.09. The second-order valence-corrected chi connectivity index (χ2v) is 5.11. The number of nitrogens with zero attached hydrogens (tertiary/aromatic N) is 3. The molecule has 0 radical (unpaired) electrons. The van der Waals surface area contributed by atoms with Gasteiger partial charge < -0.3 is 15.4 Å². The predicted octanol–water partition coefficient (Wildman–Crippen LogP) is 2.23. The maximum Gasteiger partial charge on any atom is 0.414 e. The van der Waals surface area contributed by atoms with E-state index in [1.807, 2.05) is 6.07 Å². The maximum atomic E-state index is 11.6. The summed E-state index contributed by atoms with van der Waals surface area (Å²) in [6.45, 7) is 0. The van der Waals surface area contributed by atoms with Crippen LogP contribution < -0.4 is 15.9 Å². The zero-order valence-electron chi connectivity index (χ0n) is 11.6. The number of anilines is 2. The molecule has 0 saturated heterocycles. The Balaban J connectivity index is 2.07. The van der Waals surface area contributed by atoms with Gasteiger partial charge in [0.2, 0.25) is 5.13 Å². The number of thiazole rings is 1. The van der Waals surface area contributed by atoms with Crippen LogP contribution in [0, 0.1) is 0 Å². The number of hydrazone groups is 1. The molecule has 21 heavy (non-hydrogen) atoms.